The van der Waals surface area contributed by atoms with Gasteiger partial charge in [-0.1, -0.05) is 36.4 Å². The lowest BCUT2D eigenvalue weighted by Crippen LogP contribution is -2.17. The Morgan fingerprint density at radius 2 is 1.73 bits per heavy atom. The molecule has 4 rings (SSSR count). The molecule has 0 spiro atoms. The van der Waals surface area contributed by atoms with Gasteiger partial charge in [0.05, 0.1) is 23.6 Å². The van der Waals surface area contributed by atoms with E-state index in [2.05, 4.69) is 5.32 Å². The number of hydrogen-bond acceptors (Lipinski definition) is 4. The maximum atomic E-state index is 14.1. The highest BCUT2D eigenvalue weighted by atomic mass is 19.1. The van der Waals surface area contributed by atoms with E-state index in [0.717, 1.165) is 5.56 Å². The molecule has 0 bridgehead atoms. The van der Waals surface area contributed by atoms with E-state index in [0.29, 0.717) is 22.3 Å². The van der Waals surface area contributed by atoms with Crippen molar-refractivity contribution in [3.8, 4) is 16.9 Å². The van der Waals surface area contributed by atoms with Crippen LogP contribution in [0.1, 0.15) is 15.9 Å². The van der Waals surface area contributed by atoms with Gasteiger partial charge in [-0.2, -0.15) is 0 Å². The van der Waals surface area contributed by atoms with Gasteiger partial charge in [-0.15, -0.1) is 0 Å². The average Bonchev–Trinajstić information content (AvgIpc) is 2.75. The van der Waals surface area contributed by atoms with Crippen molar-refractivity contribution in [2.75, 3.05) is 12.4 Å². The van der Waals surface area contributed by atoms with Crippen LogP contribution < -0.4 is 15.5 Å². The molecule has 0 radical (unpaired) electrons. The highest BCUT2D eigenvalue weighted by molar-refractivity contribution is 6.06. The van der Waals surface area contributed by atoms with Crippen molar-refractivity contribution < 1.29 is 18.3 Å². The highest BCUT2D eigenvalue weighted by Gasteiger charge is 2.21. The molecule has 1 N–H and O–H groups in total. The number of hydrogen-bond donors (Lipinski definition) is 1. The number of anilines is 1. The monoisotopic (exact) mass is 403 g/mol. The van der Waals surface area contributed by atoms with Crippen LogP contribution in [0.15, 0.2) is 75.9 Å². The second kappa shape index (κ2) is 7.83. The molecule has 1 aromatic heterocycles. The Bertz CT molecular complexity index is 1310. The normalized spacial score (nSPS) is 10.8. The Morgan fingerprint density at radius 3 is 2.43 bits per heavy atom. The van der Waals surface area contributed by atoms with Crippen LogP contribution in [0.4, 0.5) is 10.3 Å². The summed E-state index contributed by atoms with van der Waals surface area (Å²) in [6.45, 7) is 1.81. The van der Waals surface area contributed by atoms with Crippen LogP contribution in [0.25, 0.3) is 22.1 Å². The van der Waals surface area contributed by atoms with E-state index >= 15 is 0 Å². The summed E-state index contributed by atoms with van der Waals surface area (Å²) in [7, 11) is 1.54. The van der Waals surface area contributed by atoms with Gasteiger partial charge in [-0.25, -0.2) is 4.39 Å². The molecule has 3 aromatic carbocycles. The number of amides is 1. The van der Waals surface area contributed by atoms with Crippen LogP contribution in [0.5, 0.6) is 5.75 Å². The molecule has 4 aromatic rings. The van der Waals surface area contributed by atoms with Crippen molar-refractivity contribution in [3.63, 3.8) is 0 Å². The van der Waals surface area contributed by atoms with Gasteiger partial charge in [-0.05, 0) is 48.4 Å². The van der Waals surface area contributed by atoms with E-state index in [4.69, 9.17) is 9.15 Å². The van der Waals surface area contributed by atoms with Gasteiger partial charge in [0.25, 0.3) is 5.91 Å². The van der Waals surface area contributed by atoms with Crippen LogP contribution in [0, 0.1) is 12.7 Å². The third-order valence-electron chi connectivity index (χ3n) is 4.84. The van der Waals surface area contributed by atoms with Gasteiger partial charge in [-0.3, -0.25) is 14.9 Å². The van der Waals surface area contributed by atoms with E-state index in [1.54, 1.807) is 62.6 Å². The van der Waals surface area contributed by atoms with E-state index < -0.39 is 11.7 Å². The van der Waals surface area contributed by atoms with Gasteiger partial charge in [0.15, 0.2) is 0 Å². The lowest BCUT2D eigenvalue weighted by Gasteiger charge is -2.13. The Labute approximate surface area is 171 Å². The van der Waals surface area contributed by atoms with Gasteiger partial charge in [0.2, 0.25) is 11.3 Å². The summed E-state index contributed by atoms with van der Waals surface area (Å²) in [5.74, 6) is -0.795. The number of rotatable bonds is 4. The molecule has 0 unspecified atom stereocenters. The largest absolute Gasteiger partial charge is 0.497 e. The van der Waals surface area contributed by atoms with Crippen molar-refractivity contribution in [3.05, 3.63) is 93.9 Å². The number of carbonyl (C=O) groups is 1. The van der Waals surface area contributed by atoms with Crippen LogP contribution in [0.2, 0.25) is 0 Å². The summed E-state index contributed by atoms with van der Waals surface area (Å²) in [5.41, 5.74) is 1.38. The molecule has 1 heterocycles. The molecule has 0 aliphatic heterocycles. The predicted molar refractivity (Wildman–Crippen MR) is 114 cm³/mol. The topological polar surface area (TPSA) is 68.5 Å². The number of aryl methyl sites for hydroxylation is 1. The molecule has 0 aliphatic rings. The fourth-order valence-corrected chi connectivity index (χ4v) is 3.28. The quantitative estimate of drug-likeness (QED) is 0.511. The Hall–Kier alpha value is -3.93. The number of fused-ring (bicyclic) bond motifs is 1. The fraction of sp³-hybridized carbons (Fsp3) is 0.0833. The number of carbonyl (C=O) groups excluding carboxylic acids is 1. The first-order chi connectivity index (χ1) is 14.5. The van der Waals surface area contributed by atoms with Gasteiger partial charge in [0, 0.05) is 0 Å². The Kier molecular flexibility index (Phi) is 5.06. The number of methoxy groups -OCH3 is 1. The standard InChI is InChI=1S/C24H18FNO4/c1-14-6-5-8-18-21(27)20(15-10-12-16(29-2)13-11-15)24(30-22(14)18)26-23(28)17-7-3-4-9-19(17)25/h3-13H,1-2H3,(H,26,28). The molecule has 0 fully saturated rings. The lowest BCUT2D eigenvalue weighted by atomic mass is 10.0. The van der Waals surface area contributed by atoms with Crippen molar-refractivity contribution in [1.29, 1.82) is 0 Å². The molecular weight excluding hydrogens is 385 g/mol. The van der Waals surface area contributed by atoms with Crippen molar-refractivity contribution in [1.82, 2.24) is 0 Å². The maximum Gasteiger partial charge on any atom is 0.260 e. The lowest BCUT2D eigenvalue weighted by molar-refractivity contribution is 0.102. The first-order valence-electron chi connectivity index (χ1n) is 9.26. The number of benzene rings is 3. The van der Waals surface area contributed by atoms with E-state index in [1.807, 2.05) is 0 Å². The van der Waals surface area contributed by atoms with Crippen LogP contribution >= 0.6 is 0 Å². The molecular formula is C24H18FNO4. The van der Waals surface area contributed by atoms with E-state index in [9.17, 15) is 14.0 Å². The third-order valence-corrected chi connectivity index (χ3v) is 4.84. The fourth-order valence-electron chi connectivity index (χ4n) is 3.28. The van der Waals surface area contributed by atoms with Crippen LogP contribution in [-0.2, 0) is 0 Å². The summed E-state index contributed by atoms with van der Waals surface area (Å²) in [4.78, 5) is 26.0. The highest BCUT2D eigenvalue weighted by Crippen LogP contribution is 2.31. The molecule has 0 saturated heterocycles. The summed E-state index contributed by atoms with van der Waals surface area (Å²) in [6.07, 6.45) is 0. The Balaban J connectivity index is 1.92. The summed E-state index contributed by atoms with van der Waals surface area (Å²) >= 11 is 0. The molecule has 150 valence electrons. The Morgan fingerprint density at radius 1 is 1.00 bits per heavy atom. The molecule has 0 aliphatic carbocycles. The summed E-state index contributed by atoms with van der Waals surface area (Å²) < 4.78 is 25.2. The first-order valence-corrected chi connectivity index (χ1v) is 9.26. The third kappa shape index (κ3) is 3.43. The predicted octanol–water partition coefficient (Wildman–Crippen LogP) is 5.17. The number of para-hydroxylation sites is 1. The SMILES string of the molecule is COc1ccc(-c2c(NC(=O)c3ccccc3F)oc3c(C)cccc3c2=O)cc1. The van der Waals surface area contributed by atoms with E-state index in [-0.39, 0.29) is 22.4 Å². The molecule has 5 nitrogen and oxygen atoms in total. The summed E-state index contributed by atoms with van der Waals surface area (Å²) in [6, 6.07) is 17.7. The second-order valence-corrected chi connectivity index (χ2v) is 6.75. The zero-order valence-corrected chi connectivity index (χ0v) is 16.4. The zero-order chi connectivity index (χ0) is 21.3. The molecule has 30 heavy (non-hydrogen) atoms. The number of halogens is 1. The van der Waals surface area contributed by atoms with Crippen LogP contribution in [-0.4, -0.2) is 13.0 Å². The molecule has 0 atom stereocenters. The smallest absolute Gasteiger partial charge is 0.260 e. The average molecular weight is 403 g/mol. The van der Waals surface area contributed by atoms with Gasteiger partial charge in [0.1, 0.15) is 17.1 Å². The van der Waals surface area contributed by atoms with Crippen molar-refractivity contribution in [2.45, 2.75) is 6.92 Å². The van der Waals surface area contributed by atoms with Crippen molar-refractivity contribution in [2.24, 2.45) is 0 Å². The minimum atomic E-state index is -0.709. The zero-order valence-electron chi connectivity index (χ0n) is 16.4. The van der Waals surface area contributed by atoms with E-state index in [1.165, 1.54) is 18.2 Å². The van der Waals surface area contributed by atoms with Gasteiger partial charge >= 0.3 is 0 Å². The molecule has 1 amide bonds. The number of ether oxygens (including phenoxy) is 1. The van der Waals surface area contributed by atoms with Crippen LogP contribution in [0.3, 0.4) is 0 Å². The van der Waals surface area contributed by atoms with Crippen molar-refractivity contribution >= 4 is 22.8 Å². The van der Waals surface area contributed by atoms with Gasteiger partial charge < -0.3 is 9.15 Å². The minimum Gasteiger partial charge on any atom is -0.497 e. The molecule has 0 saturated carbocycles. The number of nitrogens with one attached hydrogen (secondary N) is 1. The molecule has 6 heteroatoms. The minimum absolute atomic E-state index is 0.0415. The maximum absolute atomic E-state index is 14.1. The second-order valence-electron chi connectivity index (χ2n) is 6.75. The summed E-state index contributed by atoms with van der Waals surface area (Å²) in [5, 5.41) is 2.97. The first kappa shape index (κ1) is 19.4.